The molecule has 0 saturated heterocycles. The van der Waals surface area contributed by atoms with Gasteiger partial charge in [0, 0.05) is 7.11 Å². The molecule has 0 bridgehead atoms. The monoisotopic (exact) mass is 278 g/mol. The van der Waals surface area contributed by atoms with Crippen molar-refractivity contribution in [1.29, 1.82) is 0 Å². The maximum Gasteiger partial charge on any atom is 0.118 e. The molecule has 0 radical (unpaired) electrons. The van der Waals surface area contributed by atoms with Gasteiger partial charge < -0.3 is 14.2 Å². The van der Waals surface area contributed by atoms with Gasteiger partial charge in [-0.3, -0.25) is 0 Å². The van der Waals surface area contributed by atoms with E-state index in [1.165, 1.54) is 18.4 Å². The zero-order valence-electron chi connectivity index (χ0n) is 12.8. The lowest BCUT2D eigenvalue weighted by Crippen LogP contribution is -2.35. The lowest BCUT2D eigenvalue weighted by atomic mass is 9.94. The highest BCUT2D eigenvalue weighted by molar-refractivity contribution is 5.28. The summed E-state index contributed by atoms with van der Waals surface area (Å²) < 4.78 is 17.1. The van der Waals surface area contributed by atoms with E-state index < -0.39 is 0 Å². The fourth-order valence-corrected chi connectivity index (χ4v) is 2.93. The van der Waals surface area contributed by atoms with E-state index in [0.29, 0.717) is 0 Å². The number of rotatable bonds is 6. The quantitative estimate of drug-likeness (QED) is 0.783. The molecule has 1 fully saturated rings. The highest BCUT2D eigenvalue weighted by Crippen LogP contribution is 2.31. The van der Waals surface area contributed by atoms with E-state index in [4.69, 9.17) is 14.2 Å². The average Bonchev–Trinajstić information content (AvgIpc) is 2.53. The van der Waals surface area contributed by atoms with Gasteiger partial charge in [0.2, 0.25) is 0 Å². The number of ether oxygens (including phenoxy) is 3. The van der Waals surface area contributed by atoms with Gasteiger partial charge in [-0.05, 0) is 37.0 Å². The SMILES string of the molecule is CCC(OC1CCCCC1OC)c1ccc(OC)cc1. The number of hydrogen-bond donors (Lipinski definition) is 0. The molecule has 3 atom stereocenters. The zero-order chi connectivity index (χ0) is 14.4. The van der Waals surface area contributed by atoms with Gasteiger partial charge >= 0.3 is 0 Å². The van der Waals surface area contributed by atoms with Crippen molar-refractivity contribution in [2.75, 3.05) is 14.2 Å². The van der Waals surface area contributed by atoms with Crippen molar-refractivity contribution in [2.24, 2.45) is 0 Å². The summed E-state index contributed by atoms with van der Waals surface area (Å²) in [6.07, 6.45) is 6.28. The summed E-state index contributed by atoms with van der Waals surface area (Å²) in [7, 11) is 3.48. The molecular formula is C17H26O3. The molecule has 2 rings (SSSR count). The summed E-state index contributed by atoms with van der Waals surface area (Å²) in [4.78, 5) is 0. The molecule has 1 aliphatic carbocycles. The van der Waals surface area contributed by atoms with Gasteiger partial charge in [0.05, 0.1) is 25.4 Å². The van der Waals surface area contributed by atoms with Crippen LogP contribution in [0.2, 0.25) is 0 Å². The van der Waals surface area contributed by atoms with Gasteiger partial charge in [0.25, 0.3) is 0 Å². The molecule has 0 aliphatic heterocycles. The van der Waals surface area contributed by atoms with Crippen molar-refractivity contribution in [3.8, 4) is 5.75 Å². The van der Waals surface area contributed by atoms with Crippen LogP contribution in [0.15, 0.2) is 24.3 Å². The van der Waals surface area contributed by atoms with Crippen LogP contribution in [0.1, 0.15) is 50.7 Å². The van der Waals surface area contributed by atoms with Crippen LogP contribution in [-0.2, 0) is 9.47 Å². The third-order valence-corrected chi connectivity index (χ3v) is 4.14. The van der Waals surface area contributed by atoms with Crippen molar-refractivity contribution < 1.29 is 14.2 Å². The zero-order valence-corrected chi connectivity index (χ0v) is 12.8. The third kappa shape index (κ3) is 3.74. The van der Waals surface area contributed by atoms with Crippen LogP contribution in [0.5, 0.6) is 5.75 Å². The predicted octanol–water partition coefficient (Wildman–Crippen LogP) is 4.12. The minimum Gasteiger partial charge on any atom is -0.497 e. The van der Waals surface area contributed by atoms with E-state index in [-0.39, 0.29) is 18.3 Å². The molecule has 0 amide bonds. The topological polar surface area (TPSA) is 27.7 Å². The van der Waals surface area contributed by atoms with Crippen LogP contribution in [0.4, 0.5) is 0 Å². The molecule has 1 aromatic carbocycles. The minimum atomic E-state index is 0.140. The molecule has 3 nitrogen and oxygen atoms in total. The fraction of sp³-hybridized carbons (Fsp3) is 0.647. The van der Waals surface area contributed by atoms with Gasteiger partial charge in [0.15, 0.2) is 0 Å². The van der Waals surface area contributed by atoms with Crippen molar-refractivity contribution in [2.45, 2.75) is 57.3 Å². The first kappa shape index (κ1) is 15.3. The first-order chi connectivity index (χ1) is 9.78. The van der Waals surface area contributed by atoms with Crippen LogP contribution >= 0.6 is 0 Å². The third-order valence-electron chi connectivity index (χ3n) is 4.14. The van der Waals surface area contributed by atoms with Gasteiger partial charge in [-0.1, -0.05) is 31.9 Å². The van der Waals surface area contributed by atoms with E-state index in [9.17, 15) is 0 Å². The van der Waals surface area contributed by atoms with Crippen LogP contribution < -0.4 is 4.74 Å². The van der Waals surface area contributed by atoms with Crippen LogP contribution in [-0.4, -0.2) is 26.4 Å². The van der Waals surface area contributed by atoms with Crippen molar-refractivity contribution in [3.63, 3.8) is 0 Å². The molecule has 0 heterocycles. The smallest absolute Gasteiger partial charge is 0.118 e. The molecule has 1 saturated carbocycles. The standard InChI is InChI=1S/C17H26O3/c1-4-15(13-9-11-14(18-2)12-10-13)20-17-8-6-5-7-16(17)19-3/h9-12,15-17H,4-8H2,1-3H3. The summed E-state index contributed by atoms with van der Waals surface area (Å²) in [6, 6.07) is 8.18. The Hall–Kier alpha value is -1.06. The first-order valence-electron chi connectivity index (χ1n) is 7.60. The molecule has 0 spiro atoms. The second-order valence-electron chi connectivity index (χ2n) is 5.40. The summed E-state index contributed by atoms with van der Waals surface area (Å²) >= 11 is 0. The van der Waals surface area contributed by atoms with Crippen molar-refractivity contribution in [3.05, 3.63) is 29.8 Å². The Morgan fingerprint density at radius 1 is 1.05 bits per heavy atom. The fourth-order valence-electron chi connectivity index (χ4n) is 2.93. The van der Waals surface area contributed by atoms with Crippen LogP contribution in [0, 0.1) is 0 Å². The second kappa shape index (κ2) is 7.65. The highest BCUT2D eigenvalue weighted by atomic mass is 16.5. The first-order valence-corrected chi connectivity index (χ1v) is 7.60. The summed E-state index contributed by atoms with van der Waals surface area (Å²) in [5, 5.41) is 0. The Morgan fingerprint density at radius 3 is 2.25 bits per heavy atom. The normalized spacial score (nSPS) is 24.4. The van der Waals surface area contributed by atoms with Crippen molar-refractivity contribution >= 4 is 0 Å². The largest absolute Gasteiger partial charge is 0.497 e. The van der Waals surface area contributed by atoms with Crippen LogP contribution in [0.25, 0.3) is 0 Å². The van der Waals surface area contributed by atoms with Gasteiger partial charge in [-0.25, -0.2) is 0 Å². The molecule has 20 heavy (non-hydrogen) atoms. The van der Waals surface area contributed by atoms with E-state index in [0.717, 1.165) is 25.0 Å². The van der Waals surface area contributed by atoms with Gasteiger partial charge in [-0.2, -0.15) is 0 Å². The highest BCUT2D eigenvalue weighted by Gasteiger charge is 2.28. The second-order valence-corrected chi connectivity index (χ2v) is 5.40. The molecule has 3 unspecified atom stereocenters. The summed E-state index contributed by atoms with van der Waals surface area (Å²) in [5.41, 5.74) is 1.22. The maximum atomic E-state index is 6.34. The van der Waals surface area contributed by atoms with E-state index in [2.05, 4.69) is 19.1 Å². The Bertz CT molecular complexity index is 388. The van der Waals surface area contributed by atoms with E-state index in [1.54, 1.807) is 14.2 Å². The summed E-state index contributed by atoms with van der Waals surface area (Å²) in [6.45, 7) is 2.17. The number of methoxy groups -OCH3 is 2. The Kier molecular flexibility index (Phi) is 5.86. The van der Waals surface area contributed by atoms with Gasteiger partial charge in [-0.15, -0.1) is 0 Å². The average molecular weight is 278 g/mol. The van der Waals surface area contributed by atoms with E-state index in [1.807, 2.05) is 12.1 Å². The van der Waals surface area contributed by atoms with Crippen molar-refractivity contribution in [1.82, 2.24) is 0 Å². The van der Waals surface area contributed by atoms with Gasteiger partial charge in [0.1, 0.15) is 5.75 Å². The predicted molar refractivity (Wildman–Crippen MR) is 80.2 cm³/mol. The van der Waals surface area contributed by atoms with Crippen LogP contribution in [0.3, 0.4) is 0 Å². The molecule has 0 aromatic heterocycles. The minimum absolute atomic E-state index is 0.140. The number of hydrogen-bond acceptors (Lipinski definition) is 3. The molecule has 3 heteroatoms. The molecule has 1 aromatic rings. The van der Waals surface area contributed by atoms with E-state index >= 15 is 0 Å². The molecular weight excluding hydrogens is 252 g/mol. The lowest BCUT2D eigenvalue weighted by molar-refractivity contribution is -0.109. The Morgan fingerprint density at radius 2 is 1.70 bits per heavy atom. The maximum absolute atomic E-state index is 6.34. The Balaban J connectivity index is 2.03. The summed E-state index contributed by atoms with van der Waals surface area (Å²) in [5.74, 6) is 0.885. The lowest BCUT2D eigenvalue weighted by Gasteiger charge is -2.33. The number of benzene rings is 1. The Labute approximate surface area is 122 Å². The molecule has 1 aliphatic rings. The molecule has 112 valence electrons. The molecule has 0 N–H and O–H groups in total.